The number of likely N-dealkylation sites (tertiary alicyclic amines) is 2. The van der Waals surface area contributed by atoms with Crippen molar-refractivity contribution in [3.05, 3.63) is 0 Å². The van der Waals surface area contributed by atoms with Gasteiger partial charge in [0.15, 0.2) is 5.96 Å². The van der Waals surface area contributed by atoms with Crippen LogP contribution in [0.25, 0.3) is 0 Å². The predicted octanol–water partition coefficient (Wildman–Crippen LogP) is 2.56. The van der Waals surface area contributed by atoms with Gasteiger partial charge in [-0.2, -0.15) is 0 Å². The molecule has 2 aliphatic heterocycles. The average molecular weight is 438 g/mol. The van der Waals surface area contributed by atoms with E-state index in [0.717, 1.165) is 58.1 Å². The molecule has 23 heavy (non-hydrogen) atoms. The number of ether oxygens (including phenoxy) is 1. The fourth-order valence-corrected chi connectivity index (χ4v) is 3.38. The van der Waals surface area contributed by atoms with E-state index in [0.29, 0.717) is 6.10 Å². The van der Waals surface area contributed by atoms with Crippen LogP contribution in [0.1, 0.15) is 46.0 Å². The van der Waals surface area contributed by atoms with Crippen molar-refractivity contribution in [2.45, 2.75) is 52.1 Å². The molecular weight excluding hydrogens is 403 g/mol. The van der Waals surface area contributed by atoms with Gasteiger partial charge in [0.2, 0.25) is 0 Å². The molecule has 0 radical (unpaired) electrons. The van der Waals surface area contributed by atoms with E-state index in [1.54, 1.807) is 0 Å². The first kappa shape index (κ1) is 21.0. The molecular formula is C17H35IN4O. The molecule has 2 fully saturated rings. The van der Waals surface area contributed by atoms with Crippen LogP contribution < -0.4 is 5.32 Å². The Morgan fingerprint density at radius 1 is 1.09 bits per heavy atom. The molecule has 0 aromatic carbocycles. The van der Waals surface area contributed by atoms with Crippen LogP contribution in [-0.4, -0.2) is 74.3 Å². The molecule has 0 atom stereocenters. The van der Waals surface area contributed by atoms with Gasteiger partial charge in [-0.05, 0) is 52.6 Å². The SMILES string of the molecule is CCNC(=NCCN1CCCCC1)N1CCC(OCC)CC1.I. The van der Waals surface area contributed by atoms with Gasteiger partial charge in [0.05, 0.1) is 12.6 Å². The number of nitrogens with zero attached hydrogens (tertiary/aromatic N) is 3. The normalized spacial score (nSPS) is 21.1. The number of aliphatic imine (C=N–C) groups is 1. The summed E-state index contributed by atoms with van der Waals surface area (Å²) in [6.07, 6.45) is 6.78. The van der Waals surface area contributed by atoms with E-state index in [1.807, 2.05) is 0 Å². The molecule has 1 N–H and O–H groups in total. The monoisotopic (exact) mass is 438 g/mol. The molecule has 0 aromatic heterocycles. The zero-order valence-electron chi connectivity index (χ0n) is 14.9. The summed E-state index contributed by atoms with van der Waals surface area (Å²) < 4.78 is 5.74. The van der Waals surface area contributed by atoms with E-state index in [9.17, 15) is 0 Å². The highest BCUT2D eigenvalue weighted by Gasteiger charge is 2.21. The van der Waals surface area contributed by atoms with Gasteiger partial charge >= 0.3 is 0 Å². The zero-order chi connectivity index (χ0) is 15.6. The Labute approximate surface area is 159 Å². The Morgan fingerprint density at radius 2 is 1.78 bits per heavy atom. The minimum atomic E-state index is 0. The van der Waals surface area contributed by atoms with Crippen molar-refractivity contribution >= 4 is 29.9 Å². The highest BCUT2D eigenvalue weighted by atomic mass is 127. The van der Waals surface area contributed by atoms with Gasteiger partial charge in [-0.3, -0.25) is 4.99 Å². The second kappa shape index (κ2) is 12.3. The van der Waals surface area contributed by atoms with Gasteiger partial charge < -0.3 is 19.9 Å². The van der Waals surface area contributed by atoms with Crippen molar-refractivity contribution in [1.29, 1.82) is 0 Å². The molecule has 0 amide bonds. The lowest BCUT2D eigenvalue weighted by atomic mass is 10.1. The largest absolute Gasteiger partial charge is 0.378 e. The molecule has 0 spiro atoms. The maximum absolute atomic E-state index is 5.74. The molecule has 6 heteroatoms. The lowest BCUT2D eigenvalue weighted by Gasteiger charge is -2.34. The molecule has 0 saturated carbocycles. The van der Waals surface area contributed by atoms with Gasteiger partial charge in [0.1, 0.15) is 0 Å². The van der Waals surface area contributed by atoms with Crippen LogP contribution >= 0.6 is 24.0 Å². The smallest absolute Gasteiger partial charge is 0.193 e. The summed E-state index contributed by atoms with van der Waals surface area (Å²) in [7, 11) is 0. The number of guanidine groups is 1. The predicted molar refractivity (Wildman–Crippen MR) is 108 cm³/mol. The number of halogens is 1. The first-order valence-corrected chi connectivity index (χ1v) is 9.20. The molecule has 0 aromatic rings. The number of hydrogen-bond acceptors (Lipinski definition) is 3. The van der Waals surface area contributed by atoms with E-state index in [2.05, 4.69) is 29.0 Å². The molecule has 2 aliphatic rings. The van der Waals surface area contributed by atoms with Crippen molar-refractivity contribution < 1.29 is 4.74 Å². The number of nitrogens with one attached hydrogen (secondary N) is 1. The van der Waals surface area contributed by atoms with E-state index < -0.39 is 0 Å². The Bertz CT molecular complexity index is 327. The van der Waals surface area contributed by atoms with Crippen LogP contribution in [0.3, 0.4) is 0 Å². The Morgan fingerprint density at radius 3 is 2.39 bits per heavy atom. The van der Waals surface area contributed by atoms with E-state index in [1.165, 1.54) is 32.4 Å². The second-order valence-corrected chi connectivity index (χ2v) is 6.28. The number of piperidine rings is 2. The summed E-state index contributed by atoms with van der Waals surface area (Å²) in [6.45, 7) is 12.6. The third-order valence-electron chi connectivity index (χ3n) is 4.61. The van der Waals surface area contributed by atoms with Gasteiger partial charge in [-0.1, -0.05) is 6.42 Å². The van der Waals surface area contributed by atoms with Gasteiger partial charge in [-0.25, -0.2) is 0 Å². The highest BCUT2D eigenvalue weighted by Crippen LogP contribution is 2.14. The standard InChI is InChI=1S/C17H34N4O.HI/c1-3-18-17(19-10-15-20-11-6-5-7-12-20)21-13-8-16(9-14-21)22-4-2;/h16H,3-15H2,1-2H3,(H,18,19);1H. The quantitative estimate of drug-likeness (QED) is 0.393. The fourth-order valence-electron chi connectivity index (χ4n) is 3.38. The van der Waals surface area contributed by atoms with Crippen LogP contribution in [0.4, 0.5) is 0 Å². The molecule has 0 unspecified atom stereocenters. The zero-order valence-corrected chi connectivity index (χ0v) is 17.3. The topological polar surface area (TPSA) is 40.1 Å². The molecule has 5 nitrogen and oxygen atoms in total. The van der Waals surface area contributed by atoms with E-state index in [-0.39, 0.29) is 24.0 Å². The molecule has 2 heterocycles. The van der Waals surface area contributed by atoms with Crippen LogP contribution in [-0.2, 0) is 4.74 Å². The summed E-state index contributed by atoms with van der Waals surface area (Å²) in [5.74, 6) is 1.09. The maximum atomic E-state index is 5.74. The van der Waals surface area contributed by atoms with E-state index in [4.69, 9.17) is 9.73 Å². The summed E-state index contributed by atoms with van der Waals surface area (Å²) in [5, 5.41) is 3.45. The van der Waals surface area contributed by atoms with Crippen molar-refractivity contribution in [1.82, 2.24) is 15.1 Å². The first-order chi connectivity index (χ1) is 10.8. The lowest BCUT2D eigenvalue weighted by molar-refractivity contribution is 0.0263. The Kier molecular flexibility index (Phi) is 11.2. The summed E-state index contributed by atoms with van der Waals surface area (Å²) in [4.78, 5) is 9.80. The molecule has 2 rings (SSSR count). The third-order valence-corrected chi connectivity index (χ3v) is 4.61. The minimum absolute atomic E-state index is 0. The van der Waals surface area contributed by atoms with Crippen molar-refractivity contribution in [3.8, 4) is 0 Å². The molecule has 0 aliphatic carbocycles. The van der Waals surface area contributed by atoms with Crippen LogP contribution in [0.2, 0.25) is 0 Å². The number of hydrogen-bond donors (Lipinski definition) is 1. The van der Waals surface area contributed by atoms with Crippen molar-refractivity contribution in [2.75, 3.05) is 52.4 Å². The Balaban J connectivity index is 0.00000264. The summed E-state index contributed by atoms with van der Waals surface area (Å²) in [5.41, 5.74) is 0. The van der Waals surface area contributed by atoms with Crippen LogP contribution in [0.15, 0.2) is 4.99 Å². The van der Waals surface area contributed by atoms with Crippen LogP contribution in [0.5, 0.6) is 0 Å². The Hall–Kier alpha value is -0.0800. The van der Waals surface area contributed by atoms with Crippen LogP contribution in [0, 0.1) is 0 Å². The second-order valence-electron chi connectivity index (χ2n) is 6.28. The lowest BCUT2D eigenvalue weighted by Crippen LogP contribution is -2.47. The third kappa shape index (κ3) is 7.56. The summed E-state index contributed by atoms with van der Waals surface area (Å²) >= 11 is 0. The number of rotatable bonds is 6. The first-order valence-electron chi connectivity index (χ1n) is 9.20. The molecule has 136 valence electrons. The fraction of sp³-hybridized carbons (Fsp3) is 0.941. The molecule has 2 saturated heterocycles. The van der Waals surface area contributed by atoms with Crippen molar-refractivity contribution in [2.24, 2.45) is 4.99 Å². The highest BCUT2D eigenvalue weighted by molar-refractivity contribution is 14.0. The van der Waals surface area contributed by atoms with E-state index >= 15 is 0 Å². The van der Waals surface area contributed by atoms with Crippen molar-refractivity contribution in [3.63, 3.8) is 0 Å². The summed E-state index contributed by atoms with van der Waals surface area (Å²) in [6, 6.07) is 0. The van der Waals surface area contributed by atoms with Gasteiger partial charge in [-0.15, -0.1) is 24.0 Å². The molecule has 0 bridgehead atoms. The van der Waals surface area contributed by atoms with Gasteiger partial charge in [0.25, 0.3) is 0 Å². The minimum Gasteiger partial charge on any atom is -0.378 e. The van der Waals surface area contributed by atoms with Gasteiger partial charge in [0, 0.05) is 32.8 Å². The average Bonchev–Trinajstić information content (AvgIpc) is 2.56. The maximum Gasteiger partial charge on any atom is 0.193 e.